The van der Waals surface area contributed by atoms with Gasteiger partial charge < -0.3 is 0 Å². The van der Waals surface area contributed by atoms with Crippen molar-refractivity contribution in [2.24, 2.45) is 7.05 Å². The van der Waals surface area contributed by atoms with Crippen LogP contribution in [0, 0.1) is 0 Å². The molecule has 0 amide bonds. The monoisotopic (exact) mass is 267 g/mol. The molecule has 0 aliphatic heterocycles. The van der Waals surface area contributed by atoms with E-state index in [1.165, 1.54) is 0 Å². The summed E-state index contributed by atoms with van der Waals surface area (Å²) in [5.74, 6) is 0. The van der Waals surface area contributed by atoms with Gasteiger partial charge in [-0.2, -0.15) is 10.2 Å². The Hall–Kier alpha value is -2.43. The molecule has 0 fully saturated rings. The fourth-order valence-corrected chi connectivity index (χ4v) is 2.19. The highest BCUT2D eigenvalue weighted by atomic mass is 15.3. The SMILES string of the molecule is C=C(CCC)c1cn2nc(-c3cnn(C)c3)ccc2n1. The number of aromatic nitrogens is 5. The second kappa shape index (κ2) is 4.92. The molecule has 0 saturated heterocycles. The first-order valence-electron chi connectivity index (χ1n) is 6.71. The molecular formula is C15H17N5. The maximum Gasteiger partial charge on any atom is 0.154 e. The Morgan fingerprint density at radius 3 is 2.85 bits per heavy atom. The Kier molecular flexibility index (Phi) is 3.10. The first-order valence-corrected chi connectivity index (χ1v) is 6.71. The van der Waals surface area contributed by atoms with E-state index in [0.29, 0.717) is 0 Å². The number of aryl methyl sites for hydroxylation is 1. The van der Waals surface area contributed by atoms with Crippen LogP contribution >= 0.6 is 0 Å². The van der Waals surface area contributed by atoms with Crippen LogP contribution in [0.3, 0.4) is 0 Å². The molecule has 0 atom stereocenters. The maximum atomic E-state index is 4.58. The van der Waals surface area contributed by atoms with Gasteiger partial charge in [0.15, 0.2) is 5.65 Å². The molecule has 5 nitrogen and oxygen atoms in total. The minimum absolute atomic E-state index is 0.838. The molecule has 0 spiro atoms. The predicted molar refractivity (Wildman–Crippen MR) is 79.1 cm³/mol. The largest absolute Gasteiger partial charge is 0.275 e. The molecule has 3 aromatic rings. The van der Waals surface area contributed by atoms with Crippen molar-refractivity contribution in [3.63, 3.8) is 0 Å². The van der Waals surface area contributed by atoms with Gasteiger partial charge in [0.2, 0.25) is 0 Å². The van der Waals surface area contributed by atoms with E-state index in [9.17, 15) is 0 Å². The van der Waals surface area contributed by atoms with Crippen LogP contribution in [0.4, 0.5) is 0 Å². The summed E-state index contributed by atoms with van der Waals surface area (Å²) in [6.45, 7) is 6.22. The van der Waals surface area contributed by atoms with Crippen LogP contribution in [-0.2, 0) is 7.05 Å². The average molecular weight is 267 g/mol. The summed E-state index contributed by atoms with van der Waals surface area (Å²) in [6.07, 6.45) is 7.72. The standard InChI is InChI=1S/C15H17N5/c1-4-5-11(2)14-10-20-15(17-14)7-6-13(18-20)12-8-16-19(3)9-12/h6-10H,2,4-5H2,1,3H3. The molecule has 0 radical (unpaired) electrons. The minimum atomic E-state index is 0.838. The van der Waals surface area contributed by atoms with E-state index in [0.717, 1.165) is 41.0 Å². The lowest BCUT2D eigenvalue weighted by Crippen LogP contribution is -1.92. The third-order valence-corrected chi connectivity index (χ3v) is 3.23. The van der Waals surface area contributed by atoms with Gasteiger partial charge in [-0.05, 0) is 24.1 Å². The van der Waals surface area contributed by atoms with Crippen molar-refractivity contribution in [3.05, 3.63) is 43.0 Å². The maximum absolute atomic E-state index is 4.58. The van der Waals surface area contributed by atoms with E-state index in [2.05, 4.69) is 28.7 Å². The normalized spacial score (nSPS) is 11.1. The van der Waals surface area contributed by atoms with Crippen molar-refractivity contribution in [3.8, 4) is 11.3 Å². The van der Waals surface area contributed by atoms with Crippen LogP contribution in [0.15, 0.2) is 37.3 Å². The Morgan fingerprint density at radius 1 is 1.30 bits per heavy atom. The van der Waals surface area contributed by atoms with E-state index < -0.39 is 0 Å². The summed E-state index contributed by atoms with van der Waals surface area (Å²) >= 11 is 0. The second-order valence-electron chi connectivity index (χ2n) is 4.90. The first-order chi connectivity index (χ1) is 9.67. The fourth-order valence-electron chi connectivity index (χ4n) is 2.19. The molecular weight excluding hydrogens is 250 g/mol. The summed E-state index contributed by atoms with van der Waals surface area (Å²) in [4.78, 5) is 4.55. The van der Waals surface area contributed by atoms with Crippen molar-refractivity contribution >= 4 is 11.2 Å². The molecule has 0 saturated carbocycles. The van der Waals surface area contributed by atoms with E-state index in [4.69, 9.17) is 0 Å². The molecule has 5 heteroatoms. The number of nitrogens with zero attached hydrogens (tertiary/aromatic N) is 5. The number of allylic oxidation sites excluding steroid dienone is 1. The van der Waals surface area contributed by atoms with Gasteiger partial charge in [-0.3, -0.25) is 4.68 Å². The number of imidazole rings is 1. The van der Waals surface area contributed by atoms with Crippen molar-refractivity contribution in [2.45, 2.75) is 19.8 Å². The Morgan fingerprint density at radius 2 is 2.15 bits per heavy atom. The lowest BCUT2D eigenvalue weighted by Gasteiger charge is -1.97. The number of rotatable bonds is 4. The molecule has 0 bridgehead atoms. The molecule has 0 aromatic carbocycles. The lowest BCUT2D eigenvalue weighted by molar-refractivity contribution is 0.768. The Labute approximate surface area is 117 Å². The van der Waals surface area contributed by atoms with Crippen LogP contribution in [-0.4, -0.2) is 24.4 Å². The van der Waals surface area contributed by atoms with E-state index in [1.807, 2.05) is 37.8 Å². The highest BCUT2D eigenvalue weighted by Crippen LogP contribution is 2.20. The molecule has 0 unspecified atom stereocenters. The zero-order chi connectivity index (χ0) is 14.1. The van der Waals surface area contributed by atoms with Gasteiger partial charge in [0.1, 0.15) is 0 Å². The van der Waals surface area contributed by atoms with Gasteiger partial charge in [0, 0.05) is 18.8 Å². The van der Waals surface area contributed by atoms with Gasteiger partial charge in [0.25, 0.3) is 0 Å². The van der Waals surface area contributed by atoms with Crippen molar-refractivity contribution < 1.29 is 0 Å². The van der Waals surface area contributed by atoms with E-state index >= 15 is 0 Å². The van der Waals surface area contributed by atoms with Crippen LogP contribution in [0.2, 0.25) is 0 Å². The van der Waals surface area contributed by atoms with Crippen LogP contribution in [0.5, 0.6) is 0 Å². The highest BCUT2D eigenvalue weighted by Gasteiger charge is 2.08. The Bertz CT molecular complexity index is 766. The molecule has 20 heavy (non-hydrogen) atoms. The molecule has 0 N–H and O–H groups in total. The summed E-state index contributed by atoms with van der Waals surface area (Å²) in [7, 11) is 1.89. The van der Waals surface area contributed by atoms with Gasteiger partial charge in [-0.25, -0.2) is 9.50 Å². The third-order valence-electron chi connectivity index (χ3n) is 3.23. The molecule has 0 aliphatic carbocycles. The van der Waals surface area contributed by atoms with Gasteiger partial charge >= 0.3 is 0 Å². The van der Waals surface area contributed by atoms with Crippen LogP contribution in [0.25, 0.3) is 22.5 Å². The first kappa shape index (κ1) is 12.6. The van der Waals surface area contributed by atoms with Crippen molar-refractivity contribution in [1.29, 1.82) is 0 Å². The number of hydrogen-bond donors (Lipinski definition) is 0. The summed E-state index contributed by atoms with van der Waals surface area (Å²) in [5.41, 5.74) is 4.70. The fraction of sp³-hybridized carbons (Fsp3) is 0.267. The predicted octanol–water partition coefficient (Wildman–Crippen LogP) is 2.94. The molecule has 3 heterocycles. The number of fused-ring (bicyclic) bond motifs is 1. The summed E-state index contributed by atoms with van der Waals surface area (Å²) in [5, 5.41) is 8.75. The van der Waals surface area contributed by atoms with Crippen molar-refractivity contribution in [2.75, 3.05) is 0 Å². The van der Waals surface area contributed by atoms with Crippen molar-refractivity contribution in [1.82, 2.24) is 24.4 Å². The quantitative estimate of drug-likeness (QED) is 0.730. The van der Waals surface area contributed by atoms with Crippen LogP contribution < -0.4 is 0 Å². The summed E-state index contributed by atoms with van der Waals surface area (Å²) in [6, 6.07) is 3.93. The van der Waals surface area contributed by atoms with Gasteiger partial charge in [-0.1, -0.05) is 19.9 Å². The topological polar surface area (TPSA) is 48.0 Å². The molecule has 3 aromatic heterocycles. The average Bonchev–Trinajstić information content (AvgIpc) is 3.04. The Balaban J connectivity index is 2.01. The summed E-state index contributed by atoms with van der Waals surface area (Å²) < 4.78 is 3.57. The lowest BCUT2D eigenvalue weighted by atomic mass is 10.1. The van der Waals surface area contributed by atoms with E-state index in [-0.39, 0.29) is 0 Å². The molecule has 102 valence electrons. The molecule has 0 aliphatic rings. The number of hydrogen-bond acceptors (Lipinski definition) is 3. The van der Waals surface area contributed by atoms with Gasteiger partial charge in [-0.15, -0.1) is 0 Å². The smallest absolute Gasteiger partial charge is 0.154 e. The van der Waals surface area contributed by atoms with E-state index in [1.54, 1.807) is 9.20 Å². The molecule has 3 rings (SSSR count). The highest BCUT2D eigenvalue weighted by molar-refractivity contribution is 5.64. The third kappa shape index (κ3) is 2.22. The zero-order valence-corrected chi connectivity index (χ0v) is 11.7. The zero-order valence-electron chi connectivity index (χ0n) is 11.7. The van der Waals surface area contributed by atoms with Crippen LogP contribution in [0.1, 0.15) is 25.5 Å². The minimum Gasteiger partial charge on any atom is -0.275 e. The van der Waals surface area contributed by atoms with Gasteiger partial charge in [0.05, 0.1) is 23.8 Å². The second-order valence-corrected chi connectivity index (χ2v) is 4.90.